The van der Waals surface area contributed by atoms with Crippen molar-refractivity contribution in [3.8, 4) is 17.0 Å². The van der Waals surface area contributed by atoms with Crippen LogP contribution >= 0.6 is 11.3 Å². The summed E-state index contributed by atoms with van der Waals surface area (Å²) in [6.45, 7) is 7.70. The predicted molar refractivity (Wildman–Crippen MR) is 132 cm³/mol. The molecule has 1 aliphatic heterocycles. The zero-order valence-electron chi connectivity index (χ0n) is 18.9. The molecule has 0 radical (unpaired) electrons. The minimum absolute atomic E-state index is 0.00355. The summed E-state index contributed by atoms with van der Waals surface area (Å²) in [5, 5.41) is 11.1. The van der Waals surface area contributed by atoms with Gasteiger partial charge in [-0.25, -0.2) is 23.5 Å². The highest BCUT2D eigenvalue weighted by molar-refractivity contribution is 7.89. The molecule has 0 atom stereocenters. The molecule has 2 aromatic heterocycles. The normalized spacial score (nSPS) is 15.1. The maximum atomic E-state index is 11.8. The van der Waals surface area contributed by atoms with E-state index < -0.39 is 10.0 Å². The second-order valence-corrected chi connectivity index (χ2v) is 10.6. The Hall–Kier alpha value is -2.73. The smallest absolute Gasteiger partial charge is 0.238 e. The van der Waals surface area contributed by atoms with Gasteiger partial charge in [0, 0.05) is 43.3 Å². The third kappa shape index (κ3) is 5.80. The third-order valence-corrected chi connectivity index (χ3v) is 6.93. The van der Waals surface area contributed by atoms with Gasteiger partial charge in [-0.2, -0.15) is 0 Å². The van der Waals surface area contributed by atoms with Gasteiger partial charge in [0.15, 0.2) is 5.13 Å². The van der Waals surface area contributed by atoms with E-state index in [4.69, 9.17) is 14.9 Å². The van der Waals surface area contributed by atoms with Crippen molar-refractivity contribution in [3.05, 3.63) is 41.9 Å². The van der Waals surface area contributed by atoms with Crippen LogP contribution in [-0.2, 0) is 10.0 Å². The molecule has 0 amide bonds. The maximum Gasteiger partial charge on any atom is 0.238 e. The molecule has 0 spiro atoms. The molecule has 3 aromatic rings. The fraction of sp³-hybridized carbons (Fsp3) is 0.364. The topological polar surface area (TPSA) is 114 Å². The molecule has 1 fully saturated rings. The van der Waals surface area contributed by atoms with Crippen LogP contribution in [0.2, 0.25) is 0 Å². The molecule has 3 heterocycles. The molecule has 0 aliphatic carbocycles. The van der Waals surface area contributed by atoms with E-state index in [9.17, 15) is 8.42 Å². The Bertz CT molecular complexity index is 1220. The van der Waals surface area contributed by atoms with Gasteiger partial charge in [-0.1, -0.05) is 0 Å². The number of nitrogens with one attached hydrogen (secondary N) is 1. The lowest BCUT2D eigenvalue weighted by molar-refractivity contribution is 0.243. The average Bonchev–Trinajstić information content (AvgIpc) is 3.23. The van der Waals surface area contributed by atoms with Gasteiger partial charge in [0.2, 0.25) is 10.0 Å². The fourth-order valence-corrected chi connectivity index (χ4v) is 4.78. The summed E-state index contributed by atoms with van der Waals surface area (Å²) in [7, 11) is -1.72. The first-order chi connectivity index (χ1) is 15.7. The van der Waals surface area contributed by atoms with E-state index in [0.717, 1.165) is 43.3 Å². The Morgan fingerprint density at radius 1 is 1.15 bits per heavy atom. The number of hydrogen-bond acceptors (Lipinski definition) is 9. The number of primary sulfonamides is 1. The molecule has 0 unspecified atom stereocenters. The Balaban J connectivity index is 1.58. The molecule has 4 rings (SSSR count). The third-order valence-electron chi connectivity index (χ3n) is 5.26. The molecule has 33 heavy (non-hydrogen) atoms. The number of likely N-dealkylation sites (N-methyl/N-ethyl adjacent to an activating group) is 1. The largest absolute Gasteiger partial charge is 0.489 e. The maximum absolute atomic E-state index is 11.8. The Morgan fingerprint density at radius 3 is 2.61 bits per heavy atom. The SMILES string of the molecule is CC(C)Oc1ccc(S(N)(=O)=O)cc1Nc1nc(-c2ccnc(N3CCN(C)CC3)c2)cs1. The molecule has 0 bridgehead atoms. The van der Waals surface area contributed by atoms with Crippen molar-refractivity contribution < 1.29 is 13.2 Å². The van der Waals surface area contributed by atoms with Crippen molar-refractivity contribution in [2.24, 2.45) is 5.14 Å². The lowest BCUT2D eigenvalue weighted by Gasteiger charge is -2.33. The Morgan fingerprint density at radius 2 is 1.91 bits per heavy atom. The number of aromatic nitrogens is 2. The summed E-state index contributed by atoms with van der Waals surface area (Å²) in [5.41, 5.74) is 2.28. The van der Waals surface area contributed by atoms with Gasteiger partial charge in [0.05, 0.1) is 22.4 Å². The fourth-order valence-electron chi connectivity index (χ4n) is 3.51. The van der Waals surface area contributed by atoms with Crippen molar-refractivity contribution in [2.75, 3.05) is 43.4 Å². The van der Waals surface area contributed by atoms with Gasteiger partial charge in [-0.05, 0) is 51.2 Å². The highest BCUT2D eigenvalue weighted by atomic mass is 32.2. The van der Waals surface area contributed by atoms with Crippen LogP contribution in [0.25, 0.3) is 11.3 Å². The van der Waals surface area contributed by atoms with Crippen LogP contribution in [0.1, 0.15) is 13.8 Å². The lowest BCUT2D eigenvalue weighted by Crippen LogP contribution is -2.44. The number of nitrogens with zero attached hydrogens (tertiary/aromatic N) is 4. The van der Waals surface area contributed by atoms with Crippen molar-refractivity contribution in [2.45, 2.75) is 24.8 Å². The van der Waals surface area contributed by atoms with E-state index >= 15 is 0 Å². The second kappa shape index (κ2) is 9.64. The van der Waals surface area contributed by atoms with E-state index in [1.807, 2.05) is 25.3 Å². The van der Waals surface area contributed by atoms with Crippen LogP contribution in [0.15, 0.2) is 46.8 Å². The second-order valence-electron chi connectivity index (χ2n) is 8.23. The van der Waals surface area contributed by atoms with E-state index in [2.05, 4.69) is 33.2 Å². The van der Waals surface area contributed by atoms with E-state index in [1.165, 1.54) is 23.5 Å². The van der Waals surface area contributed by atoms with E-state index in [0.29, 0.717) is 16.6 Å². The summed E-state index contributed by atoms with van der Waals surface area (Å²) in [5.74, 6) is 1.46. The van der Waals surface area contributed by atoms with Gasteiger partial charge < -0.3 is 19.9 Å². The molecular formula is C22H28N6O3S2. The Kier molecular flexibility index (Phi) is 6.84. The number of benzene rings is 1. The number of piperazine rings is 1. The molecule has 0 saturated carbocycles. The number of thiazole rings is 1. The van der Waals surface area contributed by atoms with Crippen LogP contribution in [-0.4, -0.2) is 62.6 Å². The minimum atomic E-state index is -3.85. The van der Waals surface area contributed by atoms with Crippen LogP contribution in [0.4, 0.5) is 16.6 Å². The van der Waals surface area contributed by atoms with Crippen molar-refractivity contribution in [3.63, 3.8) is 0 Å². The van der Waals surface area contributed by atoms with Crippen molar-refractivity contribution in [1.82, 2.24) is 14.9 Å². The first-order valence-corrected chi connectivity index (χ1v) is 13.1. The van der Waals surface area contributed by atoms with Gasteiger partial charge in [0.25, 0.3) is 0 Å². The van der Waals surface area contributed by atoms with Crippen LogP contribution in [0.5, 0.6) is 5.75 Å². The number of nitrogens with two attached hydrogens (primary N) is 1. The molecule has 11 heteroatoms. The van der Waals surface area contributed by atoms with Gasteiger partial charge in [0.1, 0.15) is 11.6 Å². The highest BCUT2D eigenvalue weighted by Crippen LogP contribution is 2.34. The van der Waals surface area contributed by atoms with E-state index in [-0.39, 0.29) is 11.0 Å². The summed E-state index contributed by atoms with van der Waals surface area (Å²) in [6, 6.07) is 8.49. The number of anilines is 3. The molecule has 176 valence electrons. The number of ether oxygens (including phenoxy) is 1. The summed E-state index contributed by atoms with van der Waals surface area (Å²) in [6.07, 6.45) is 1.72. The summed E-state index contributed by atoms with van der Waals surface area (Å²) >= 11 is 1.42. The summed E-state index contributed by atoms with van der Waals surface area (Å²) < 4.78 is 29.5. The summed E-state index contributed by atoms with van der Waals surface area (Å²) in [4.78, 5) is 13.8. The van der Waals surface area contributed by atoms with Gasteiger partial charge in [-0.3, -0.25) is 0 Å². The van der Waals surface area contributed by atoms with Crippen LogP contribution in [0, 0.1) is 0 Å². The predicted octanol–water partition coefficient (Wildman–Crippen LogP) is 3.14. The van der Waals surface area contributed by atoms with Gasteiger partial charge in [-0.15, -0.1) is 11.3 Å². The monoisotopic (exact) mass is 488 g/mol. The molecule has 1 saturated heterocycles. The molecule has 3 N–H and O–H groups in total. The van der Waals surface area contributed by atoms with Crippen LogP contribution < -0.4 is 20.1 Å². The van der Waals surface area contributed by atoms with Crippen LogP contribution in [0.3, 0.4) is 0 Å². The van der Waals surface area contributed by atoms with E-state index in [1.54, 1.807) is 12.3 Å². The van der Waals surface area contributed by atoms with Crippen molar-refractivity contribution in [1.29, 1.82) is 0 Å². The zero-order valence-corrected chi connectivity index (χ0v) is 20.5. The minimum Gasteiger partial charge on any atom is -0.489 e. The molecular weight excluding hydrogens is 460 g/mol. The average molecular weight is 489 g/mol. The standard InChI is InChI=1S/C22H28N6O3S2/c1-15(2)31-20-5-4-17(33(23,29)30)13-18(20)25-22-26-19(14-32-22)16-6-7-24-21(12-16)28-10-8-27(3)9-11-28/h4-7,12-15H,8-11H2,1-3H3,(H,25,26)(H2,23,29,30). The van der Waals surface area contributed by atoms with Gasteiger partial charge >= 0.3 is 0 Å². The molecule has 1 aromatic carbocycles. The number of hydrogen-bond donors (Lipinski definition) is 2. The Labute approximate surface area is 198 Å². The lowest BCUT2D eigenvalue weighted by atomic mass is 10.2. The van der Waals surface area contributed by atoms with Crippen molar-refractivity contribution >= 4 is 38.0 Å². The molecule has 1 aliphatic rings. The molecule has 9 nitrogen and oxygen atoms in total. The number of rotatable bonds is 7. The number of sulfonamides is 1. The number of pyridine rings is 1. The zero-order chi connectivity index (χ0) is 23.6. The quantitative estimate of drug-likeness (QED) is 0.521. The first kappa shape index (κ1) is 23.4. The first-order valence-electron chi connectivity index (χ1n) is 10.6. The highest BCUT2D eigenvalue weighted by Gasteiger charge is 2.17.